The van der Waals surface area contributed by atoms with Gasteiger partial charge in [0.15, 0.2) is 0 Å². The van der Waals surface area contributed by atoms with Crippen LogP contribution in [-0.2, 0) is 4.84 Å². The van der Waals surface area contributed by atoms with E-state index in [0.29, 0.717) is 6.04 Å². The van der Waals surface area contributed by atoms with Crippen LogP contribution in [0.1, 0.15) is 83.5 Å². The molecular formula is C16H31NO. The molecule has 1 saturated carbocycles. The van der Waals surface area contributed by atoms with Gasteiger partial charge in [-0.2, -0.15) is 5.06 Å². The van der Waals surface area contributed by atoms with Crippen LogP contribution in [0.2, 0.25) is 0 Å². The highest BCUT2D eigenvalue weighted by molar-refractivity contribution is 4.69. The second-order valence-corrected chi connectivity index (χ2v) is 6.09. The zero-order valence-corrected chi connectivity index (χ0v) is 12.0. The van der Waals surface area contributed by atoms with Gasteiger partial charge < -0.3 is 0 Å². The van der Waals surface area contributed by atoms with E-state index < -0.39 is 0 Å². The molecule has 1 aliphatic carbocycles. The molecule has 0 aromatic rings. The molecule has 1 saturated heterocycles. The molecule has 0 aromatic heterocycles. The van der Waals surface area contributed by atoms with E-state index in [4.69, 9.17) is 4.84 Å². The minimum absolute atomic E-state index is 0.709. The fourth-order valence-electron chi connectivity index (χ4n) is 3.33. The van der Waals surface area contributed by atoms with Crippen LogP contribution in [0.25, 0.3) is 0 Å². The molecule has 0 aromatic carbocycles. The standard InChI is InChI=1S/C16H31NO/c1-2-5-9-13-16(12-8-4-1)17-14-10-6-3-7-11-15-18-17/h16H,1-15H2. The Kier molecular flexibility index (Phi) is 7.11. The summed E-state index contributed by atoms with van der Waals surface area (Å²) in [5.74, 6) is 0. The van der Waals surface area contributed by atoms with Crippen LogP contribution in [0.3, 0.4) is 0 Å². The second-order valence-electron chi connectivity index (χ2n) is 6.09. The third kappa shape index (κ3) is 5.27. The molecule has 0 amide bonds. The molecule has 2 rings (SSSR count). The van der Waals surface area contributed by atoms with Gasteiger partial charge in [-0.05, 0) is 25.7 Å². The first-order valence-electron chi connectivity index (χ1n) is 8.36. The molecule has 106 valence electrons. The molecule has 0 bridgehead atoms. The van der Waals surface area contributed by atoms with Crippen molar-refractivity contribution >= 4 is 0 Å². The number of hydrogen-bond donors (Lipinski definition) is 0. The van der Waals surface area contributed by atoms with Crippen molar-refractivity contribution in [3.05, 3.63) is 0 Å². The molecule has 2 heteroatoms. The third-order valence-corrected chi connectivity index (χ3v) is 4.51. The Balaban J connectivity index is 1.83. The summed E-state index contributed by atoms with van der Waals surface area (Å²) in [5, 5.41) is 2.37. The van der Waals surface area contributed by atoms with Gasteiger partial charge in [-0.15, -0.1) is 0 Å². The average Bonchev–Trinajstić information content (AvgIpc) is 2.61. The Labute approximate surface area is 113 Å². The minimum Gasteiger partial charge on any atom is -0.299 e. The van der Waals surface area contributed by atoms with Crippen molar-refractivity contribution in [3.8, 4) is 0 Å². The summed E-state index contributed by atoms with van der Waals surface area (Å²) >= 11 is 0. The molecule has 18 heavy (non-hydrogen) atoms. The largest absolute Gasteiger partial charge is 0.299 e. The minimum atomic E-state index is 0.709. The molecule has 0 N–H and O–H groups in total. The van der Waals surface area contributed by atoms with Crippen molar-refractivity contribution in [2.24, 2.45) is 0 Å². The molecule has 1 heterocycles. The fraction of sp³-hybridized carbons (Fsp3) is 1.00. The first-order chi connectivity index (χ1) is 8.97. The van der Waals surface area contributed by atoms with Crippen molar-refractivity contribution in [2.75, 3.05) is 13.2 Å². The van der Waals surface area contributed by atoms with E-state index in [1.54, 1.807) is 0 Å². The number of hydroxylamine groups is 2. The van der Waals surface area contributed by atoms with Gasteiger partial charge in [0.1, 0.15) is 0 Å². The summed E-state index contributed by atoms with van der Waals surface area (Å²) in [4.78, 5) is 6.07. The highest BCUT2D eigenvalue weighted by Gasteiger charge is 2.20. The monoisotopic (exact) mass is 253 g/mol. The lowest BCUT2D eigenvalue weighted by Crippen LogP contribution is -2.36. The maximum Gasteiger partial charge on any atom is 0.0685 e. The van der Waals surface area contributed by atoms with E-state index in [0.717, 1.165) is 6.61 Å². The topological polar surface area (TPSA) is 12.5 Å². The molecule has 0 unspecified atom stereocenters. The van der Waals surface area contributed by atoms with Crippen LogP contribution in [0, 0.1) is 0 Å². The number of hydrogen-bond acceptors (Lipinski definition) is 2. The molecule has 2 aliphatic rings. The van der Waals surface area contributed by atoms with E-state index in [-0.39, 0.29) is 0 Å². The molecule has 0 spiro atoms. The zero-order valence-electron chi connectivity index (χ0n) is 12.0. The zero-order chi connectivity index (χ0) is 12.5. The fourth-order valence-corrected chi connectivity index (χ4v) is 3.33. The maximum atomic E-state index is 6.07. The third-order valence-electron chi connectivity index (χ3n) is 4.51. The molecular weight excluding hydrogens is 222 g/mol. The molecule has 2 nitrogen and oxygen atoms in total. The van der Waals surface area contributed by atoms with Gasteiger partial charge in [0.2, 0.25) is 0 Å². The quantitative estimate of drug-likeness (QED) is 0.672. The highest BCUT2D eigenvalue weighted by atomic mass is 16.7. The van der Waals surface area contributed by atoms with E-state index in [9.17, 15) is 0 Å². The Morgan fingerprint density at radius 2 is 1.17 bits per heavy atom. The maximum absolute atomic E-state index is 6.07. The predicted molar refractivity (Wildman–Crippen MR) is 76.5 cm³/mol. The molecule has 1 aliphatic heterocycles. The van der Waals surface area contributed by atoms with E-state index in [1.165, 1.54) is 90.0 Å². The lowest BCUT2D eigenvalue weighted by atomic mass is 10.0. The van der Waals surface area contributed by atoms with Gasteiger partial charge >= 0.3 is 0 Å². The van der Waals surface area contributed by atoms with Crippen LogP contribution in [0.15, 0.2) is 0 Å². The lowest BCUT2D eigenvalue weighted by Gasteiger charge is -2.30. The number of nitrogens with zero attached hydrogens (tertiary/aromatic N) is 1. The van der Waals surface area contributed by atoms with Gasteiger partial charge in [0, 0.05) is 12.6 Å². The van der Waals surface area contributed by atoms with Gasteiger partial charge in [-0.25, -0.2) is 0 Å². The summed E-state index contributed by atoms with van der Waals surface area (Å²) in [6.45, 7) is 2.13. The Morgan fingerprint density at radius 3 is 1.89 bits per heavy atom. The van der Waals surface area contributed by atoms with E-state index in [1.807, 2.05) is 0 Å². The van der Waals surface area contributed by atoms with Gasteiger partial charge in [-0.1, -0.05) is 57.8 Å². The SMILES string of the molecule is C1CCCCC(N2CCCCCCCO2)CCC1. The van der Waals surface area contributed by atoms with Crippen LogP contribution >= 0.6 is 0 Å². The average molecular weight is 253 g/mol. The normalized spacial score (nSPS) is 27.3. The summed E-state index contributed by atoms with van der Waals surface area (Å²) in [7, 11) is 0. The highest BCUT2D eigenvalue weighted by Crippen LogP contribution is 2.22. The molecule has 2 fully saturated rings. The summed E-state index contributed by atoms with van der Waals surface area (Å²) in [6.07, 6.45) is 18.1. The number of rotatable bonds is 1. The van der Waals surface area contributed by atoms with Crippen LogP contribution in [0.5, 0.6) is 0 Å². The van der Waals surface area contributed by atoms with Crippen LogP contribution in [-0.4, -0.2) is 24.3 Å². The first kappa shape index (κ1) is 14.3. The Hall–Kier alpha value is -0.0800. The van der Waals surface area contributed by atoms with Crippen molar-refractivity contribution in [2.45, 2.75) is 89.5 Å². The predicted octanol–water partition coefficient (Wildman–Crippen LogP) is 4.69. The summed E-state index contributed by atoms with van der Waals surface area (Å²) in [6, 6.07) is 0.709. The summed E-state index contributed by atoms with van der Waals surface area (Å²) in [5.41, 5.74) is 0. The van der Waals surface area contributed by atoms with Crippen LogP contribution in [0.4, 0.5) is 0 Å². The first-order valence-corrected chi connectivity index (χ1v) is 8.36. The van der Waals surface area contributed by atoms with E-state index >= 15 is 0 Å². The lowest BCUT2D eigenvalue weighted by molar-refractivity contribution is -0.189. The van der Waals surface area contributed by atoms with Gasteiger partial charge in [-0.3, -0.25) is 4.84 Å². The smallest absolute Gasteiger partial charge is 0.0685 e. The summed E-state index contributed by atoms with van der Waals surface area (Å²) < 4.78 is 0. The van der Waals surface area contributed by atoms with Crippen molar-refractivity contribution in [3.63, 3.8) is 0 Å². The molecule has 0 radical (unpaired) electrons. The van der Waals surface area contributed by atoms with Crippen molar-refractivity contribution in [1.29, 1.82) is 0 Å². The second kappa shape index (κ2) is 8.92. The van der Waals surface area contributed by atoms with Gasteiger partial charge in [0.05, 0.1) is 6.61 Å². The van der Waals surface area contributed by atoms with Gasteiger partial charge in [0.25, 0.3) is 0 Å². The van der Waals surface area contributed by atoms with Crippen molar-refractivity contribution in [1.82, 2.24) is 5.06 Å². The van der Waals surface area contributed by atoms with E-state index in [2.05, 4.69) is 5.06 Å². The Morgan fingerprint density at radius 1 is 0.611 bits per heavy atom. The molecule has 0 atom stereocenters. The Bertz CT molecular complexity index is 165. The van der Waals surface area contributed by atoms with Crippen molar-refractivity contribution < 1.29 is 4.84 Å². The van der Waals surface area contributed by atoms with Crippen LogP contribution < -0.4 is 0 Å².